The molecule has 0 spiro atoms. The summed E-state index contributed by atoms with van der Waals surface area (Å²) in [7, 11) is 0. The fourth-order valence-electron chi connectivity index (χ4n) is 2.84. The predicted molar refractivity (Wildman–Crippen MR) is 116 cm³/mol. The Kier molecular flexibility index (Phi) is 7.01. The molecule has 0 saturated carbocycles. The second kappa shape index (κ2) is 10.1. The van der Waals surface area contributed by atoms with E-state index in [4.69, 9.17) is 9.47 Å². The average molecular weight is 419 g/mol. The predicted octanol–water partition coefficient (Wildman–Crippen LogP) is 4.57. The van der Waals surface area contributed by atoms with Crippen LogP contribution < -0.4 is 14.8 Å². The molecule has 31 heavy (non-hydrogen) atoms. The van der Waals surface area contributed by atoms with Crippen molar-refractivity contribution in [3.05, 3.63) is 83.7 Å². The van der Waals surface area contributed by atoms with E-state index < -0.39 is 17.8 Å². The number of amides is 1. The number of ether oxygens (including phenoxy) is 2. The van der Waals surface area contributed by atoms with Crippen LogP contribution in [-0.2, 0) is 9.59 Å². The second-order valence-electron chi connectivity index (χ2n) is 6.69. The summed E-state index contributed by atoms with van der Waals surface area (Å²) in [5.41, 5.74) is 0.788. The minimum Gasteiger partial charge on any atom is -0.478 e. The zero-order valence-corrected chi connectivity index (χ0v) is 16.8. The molecule has 0 radical (unpaired) electrons. The highest BCUT2D eigenvalue weighted by Gasteiger charge is 2.14. The van der Waals surface area contributed by atoms with Crippen molar-refractivity contribution in [2.45, 2.75) is 19.8 Å². The molecule has 7 nitrogen and oxygen atoms in total. The molecule has 0 fully saturated rings. The van der Waals surface area contributed by atoms with Gasteiger partial charge >= 0.3 is 11.9 Å². The van der Waals surface area contributed by atoms with Crippen molar-refractivity contribution in [3.63, 3.8) is 0 Å². The largest absolute Gasteiger partial charge is 0.478 e. The molecular weight excluding hydrogens is 398 g/mol. The number of benzene rings is 2. The van der Waals surface area contributed by atoms with Gasteiger partial charge in [0.1, 0.15) is 17.3 Å². The second-order valence-corrected chi connectivity index (χ2v) is 6.69. The van der Waals surface area contributed by atoms with E-state index in [9.17, 15) is 19.5 Å². The van der Waals surface area contributed by atoms with Crippen LogP contribution in [0.5, 0.6) is 11.5 Å². The number of rotatable bonds is 7. The van der Waals surface area contributed by atoms with Crippen LogP contribution in [0.1, 0.15) is 35.7 Å². The molecule has 1 aliphatic carbocycles. The first-order valence-electron chi connectivity index (χ1n) is 9.60. The average Bonchev–Trinajstić information content (AvgIpc) is 2.73. The Morgan fingerprint density at radius 2 is 1.77 bits per heavy atom. The van der Waals surface area contributed by atoms with Crippen molar-refractivity contribution in [1.82, 2.24) is 0 Å². The highest BCUT2D eigenvalue weighted by Crippen LogP contribution is 2.26. The van der Waals surface area contributed by atoms with Gasteiger partial charge in [-0.15, -0.1) is 0 Å². The van der Waals surface area contributed by atoms with Gasteiger partial charge in [0.15, 0.2) is 0 Å². The zero-order chi connectivity index (χ0) is 22.2. The first kappa shape index (κ1) is 21.6. The molecule has 2 aromatic carbocycles. The van der Waals surface area contributed by atoms with E-state index in [1.807, 2.05) is 18.2 Å². The Bertz CT molecular complexity index is 1080. The van der Waals surface area contributed by atoms with E-state index >= 15 is 0 Å². The summed E-state index contributed by atoms with van der Waals surface area (Å²) in [5, 5.41) is 12.0. The maximum atomic E-state index is 12.4. The van der Waals surface area contributed by atoms with Gasteiger partial charge in [-0.1, -0.05) is 18.2 Å². The van der Waals surface area contributed by atoms with E-state index in [0.717, 1.165) is 12.8 Å². The molecule has 7 heteroatoms. The van der Waals surface area contributed by atoms with Gasteiger partial charge in [-0.2, -0.15) is 0 Å². The number of aromatic carboxylic acids is 1. The van der Waals surface area contributed by atoms with Gasteiger partial charge in [0, 0.05) is 19.1 Å². The first-order valence-corrected chi connectivity index (χ1v) is 9.60. The van der Waals surface area contributed by atoms with E-state index in [0.29, 0.717) is 22.8 Å². The van der Waals surface area contributed by atoms with Crippen LogP contribution in [0.3, 0.4) is 0 Å². The molecule has 1 amide bonds. The van der Waals surface area contributed by atoms with E-state index in [2.05, 4.69) is 5.32 Å². The highest BCUT2D eigenvalue weighted by molar-refractivity contribution is 6.06. The van der Waals surface area contributed by atoms with Crippen molar-refractivity contribution >= 4 is 29.6 Å². The van der Waals surface area contributed by atoms with Crippen LogP contribution >= 0.6 is 0 Å². The van der Waals surface area contributed by atoms with Gasteiger partial charge < -0.3 is 19.9 Å². The number of anilines is 1. The monoisotopic (exact) mass is 419 g/mol. The Balaban J connectivity index is 1.71. The van der Waals surface area contributed by atoms with Crippen molar-refractivity contribution < 1.29 is 29.0 Å². The number of carboxylic acids is 1. The van der Waals surface area contributed by atoms with Crippen LogP contribution in [0, 0.1) is 0 Å². The minimum absolute atomic E-state index is 0.0481. The molecule has 0 unspecified atom stereocenters. The molecule has 158 valence electrons. The maximum Gasteiger partial charge on any atom is 0.337 e. The number of esters is 1. The third kappa shape index (κ3) is 6.43. The first-order chi connectivity index (χ1) is 14.9. The van der Waals surface area contributed by atoms with Gasteiger partial charge in [0.05, 0.1) is 11.3 Å². The van der Waals surface area contributed by atoms with Crippen LogP contribution in [0.2, 0.25) is 0 Å². The molecule has 0 aliphatic heterocycles. The molecule has 1 aliphatic rings. The summed E-state index contributed by atoms with van der Waals surface area (Å²) < 4.78 is 10.7. The van der Waals surface area contributed by atoms with Crippen LogP contribution in [-0.4, -0.2) is 23.0 Å². The fourth-order valence-corrected chi connectivity index (χ4v) is 2.84. The molecule has 2 aromatic rings. The Morgan fingerprint density at radius 1 is 1.03 bits per heavy atom. The minimum atomic E-state index is -1.16. The van der Waals surface area contributed by atoms with Crippen LogP contribution in [0.15, 0.2) is 72.5 Å². The molecule has 3 rings (SSSR count). The third-order valence-corrected chi connectivity index (χ3v) is 4.24. The lowest BCUT2D eigenvalue weighted by Crippen LogP contribution is -2.12. The van der Waals surface area contributed by atoms with E-state index in [1.54, 1.807) is 36.4 Å². The van der Waals surface area contributed by atoms with Crippen molar-refractivity contribution in [2.24, 2.45) is 0 Å². The summed E-state index contributed by atoms with van der Waals surface area (Å²) in [6.45, 7) is 1.31. The highest BCUT2D eigenvalue weighted by atomic mass is 16.5. The van der Waals surface area contributed by atoms with Gasteiger partial charge in [0.25, 0.3) is 0 Å². The molecule has 0 heterocycles. The summed E-state index contributed by atoms with van der Waals surface area (Å²) in [5.74, 6) is -0.588. The number of nitrogens with one attached hydrogen (secondary N) is 1. The van der Waals surface area contributed by atoms with Crippen molar-refractivity contribution in [1.29, 1.82) is 0 Å². The standard InChI is InChI=1S/C24H21NO6/c1-16(26)30-19-10-7-17(8-11-19)9-14-23(27)25-22-15-20(12-13-21(22)24(28)29)31-18-5-3-2-4-6-18/h3,5-15H,2,4H2,1H3,(H,25,27)(H,28,29)/b14-9+. The number of hydrogen-bond donors (Lipinski definition) is 2. The quantitative estimate of drug-likeness (QED) is 0.387. The lowest BCUT2D eigenvalue weighted by Gasteiger charge is -2.12. The number of carbonyl (C=O) groups excluding carboxylic acids is 2. The number of allylic oxidation sites excluding steroid dienone is 3. The Hall–Kier alpha value is -4.13. The van der Waals surface area contributed by atoms with Crippen LogP contribution in [0.4, 0.5) is 5.69 Å². The zero-order valence-electron chi connectivity index (χ0n) is 16.8. The number of hydrogen-bond acceptors (Lipinski definition) is 5. The van der Waals surface area contributed by atoms with Gasteiger partial charge in [0.2, 0.25) is 5.91 Å². The summed E-state index contributed by atoms with van der Waals surface area (Å²) >= 11 is 0. The Labute approximate surface area is 179 Å². The summed E-state index contributed by atoms with van der Waals surface area (Å²) in [6, 6.07) is 11.0. The number of carboxylic acid groups (broad SMARTS) is 1. The SMILES string of the molecule is CC(=O)Oc1ccc(/C=C/C(=O)Nc2cc(OC3=CCCC=C3)ccc2C(=O)O)cc1. The molecule has 0 atom stereocenters. The summed E-state index contributed by atoms with van der Waals surface area (Å²) in [4.78, 5) is 34.8. The van der Waals surface area contributed by atoms with Crippen molar-refractivity contribution in [2.75, 3.05) is 5.32 Å². The van der Waals surface area contributed by atoms with Crippen LogP contribution in [0.25, 0.3) is 6.08 Å². The van der Waals surface area contributed by atoms with E-state index in [-0.39, 0.29) is 11.3 Å². The maximum absolute atomic E-state index is 12.4. The molecule has 2 N–H and O–H groups in total. The third-order valence-electron chi connectivity index (χ3n) is 4.24. The van der Waals surface area contributed by atoms with Gasteiger partial charge in [-0.3, -0.25) is 9.59 Å². The van der Waals surface area contributed by atoms with Gasteiger partial charge in [-0.05, 0) is 60.9 Å². The topological polar surface area (TPSA) is 102 Å². The summed E-state index contributed by atoms with van der Waals surface area (Å²) in [6.07, 6.45) is 10.5. The molecule has 0 bridgehead atoms. The molecular formula is C24H21NO6. The lowest BCUT2D eigenvalue weighted by molar-refractivity contribution is -0.131. The lowest BCUT2D eigenvalue weighted by atomic mass is 10.1. The molecule has 0 saturated heterocycles. The van der Waals surface area contributed by atoms with Crippen molar-refractivity contribution in [3.8, 4) is 11.5 Å². The fraction of sp³-hybridized carbons (Fsp3) is 0.125. The number of carbonyl (C=O) groups is 3. The van der Waals surface area contributed by atoms with Gasteiger partial charge in [-0.25, -0.2) is 4.79 Å². The smallest absolute Gasteiger partial charge is 0.337 e. The molecule has 0 aromatic heterocycles. The van der Waals surface area contributed by atoms with E-state index in [1.165, 1.54) is 25.1 Å². The normalized spacial score (nSPS) is 12.9. The Morgan fingerprint density at radius 3 is 2.42 bits per heavy atom.